The van der Waals surface area contributed by atoms with Crippen LogP contribution in [0.3, 0.4) is 0 Å². The first-order valence-electron chi connectivity index (χ1n) is 9.89. The average molecular weight is 432 g/mol. The lowest BCUT2D eigenvalue weighted by Gasteiger charge is -2.14. The van der Waals surface area contributed by atoms with Gasteiger partial charge in [-0.1, -0.05) is 30.7 Å². The highest BCUT2D eigenvalue weighted by Crippen LogP contribution is 2.23. The SMILES string of the molecule is CCCOCCn1c(=O)c(NCCNOC)nc2ccc(-c3cccc(Cl)c3)nc21. The van der Waals surface area contributed by atoms with Crippen LogP contribution < -0.4 is 16.4 Å². The van der Waals surface area contributed by atoms with Gasteiger partial charge in [0.1, 0.15) is 5.52 Å². The fourth-order valence-electron chi connectivity index (χ4n) is 2.99. The molecule has 0 saturated heterocycles. The van der Waals surface area contributed by atoms with E-state index in [1.807, 2.05) is 43.3 Å². The summed E-state index contributed by atoms with van der Waals surface area (Å²) in [5.41, 5.74) is 5.22. The van der Waals surface area contributed by atoms with Crippen LogP contribution in [0.25, 0.3) is 22.4 Å². The Hall–Kier alpha value is -2.52. The molecule has 0 bridgehead atoms. The Labute approximate surface area is 180 Å². The molecule has 8 nitrogen and oxygen atoms in total. The number of hydrogen-bond donors (Lipinski definition) is 2. The Kier molecular flexibility index (Phi) is 8.15. The molecule has 0 aliphatic rings. The van der Waals surface area contributed by atoms with Crippen LogP contribution in [0.5, 0.6) is 0 Å². The molecule has 0 unspecified atom stereocenters. The van der Waals surface area contributed by atoms with Gasteiger partial charge in [-0.3, -0.25) is 9.36 Å². The molecule has 0 aliphatic heterocycles. The molecule has 0 fully saturated rings. The Morgan fingerprint density at radius 2 is 2.00 bits per heavy atom. The molecule has 0 radical (unpaired) electrons. The highest BCUT2D eigenvalue weighted by molar-refractivity contribution is 6.30. The predicted molar refractivity (Wildman–Crippen MR) is 119 cm³/mol. The van der Waals surface area contributed by atoms with Crippen molar-refractivity contribution in [3.05, 3.63) is 51.8 Å². The van der Waals surface area contributed by atoms with Gasteiger partial charge in [-0.05, 0) is 30.7 Å². The molecular formula is C21H26ClN5O3. The number of rotatable bonds is 11. The van der Waals surface area contributed by atoms with Gasteiger partial charge in [-0.15, -0.1) is 0 Å². The summed E-state index contributed by atoms with van der Waals surface area (Å²) in [5.74, 6) is 0.271. The first-order chi connectivity index (χ1) is 14.6. The van der Waals surface area contributed by atoms with Gasteiger partial charge in [-0.25, -0.2) is 15.4 Å². The molecule has 0 saturated carbocycles. The van der Waals surface area contributed by atoms with Crippen LogP contribution in [-0.2, 0) is 16.1 Å². The maximum absolute atomic E-state index is 13.1. The lowest BCUT2D eigenvalue weighted by atomic mass is 10.1. The molecule has 9 heteroatoms. The van der Waals surface area contributed by atoms with E-state index in [0.717, 1.165) is 17.7 Å². The van der Waals surface area contributed by atoms with Crippen molar-refractivity contribution in [2.75, 3.05) is 38.7 Å². The van der Waals surface area contributed by atoms with E-state index in [9.17, 15) is 4.79 Å². The standard InChI is InChI=1S/C21H26ClN5O3/c1-3-12-30-13-11-27-20-18(25-19(21(27)28)23-9-10-24-29-2)8-7-17(26-20)15-5-4-6-16(22)14-15/h4-8,14,24H,3,9-13H2,1-2H3,(H,23,25). The topological polar surface area (TPSA) is 90.3 Å². The zero-order valence-electron chi connectivity index (χ0n) is 17.2. The van der Waals surface area contributed by atoms with Gasteiger partial charge < -0.3 is 14.9 Å². The number of nitrogens with zero attached hydrogens (tertiary/aromatic N) is 3. The van der Waals surface area contributed by atoms with E-state index in [0.29, 0.717) is 49.0 Å². The van der Waals surface area contributed by atoms with Crippen LogP contribution in [0, 0.1) is 0 Å². The van der Waals surface area contributed by atoms with Gasteiger partial charge in [0, 0.05) is 30.3 Å². The van der Waals surface area contributed by atoms with Crippen LogP contribution in [0.15, 0.2) is 41.2 Å². The maximum atomic E-state index is 13.1. The third kappa shape index (κ3) is 5.54. The van der Waals surface area contributed by atoms with Crippen molar-refractivity contribution >= 4 is 28.6 Å². The van der Waals surface area contributed by atoms with Gasteiger partial charge in [0.2, 0.25) is 0 Å². The van der Waals surface area contributed by atoms with Crippen LogP contribution >= 0.6 is 11.6 Å². The number of nitrogens with one attached hydrogen (secondary N) is 2. The Morgan fingerprint density at radius 1 is 1.13 bits per heavy atom. The summed E-state index contributed by atoms with van der Waals surface area (Å²) in [7, 11) is 1.54. The van der Waals surface area contributed by atoms with E-state index < -0.39 is 0 Å². The molecule has 3 aromatic rings. The normalized spacial score (nSPS) is 11.2. The quantitative estimate of drug-likeness (QED) is 0.356. The number of hydroxylamine groups is 1. The lowest BCUT2D eigenvalue weighted by molar-refractivity contribution is 0.0950. The smallest absolute Gasteiger partial charge is 0.295 e. The van der Waals surface area contributed by atoms with Crippen molar-refractivity contribution in [1.29, 1.82) is 0 Å². The number of pyridine rings is 1. The van der Waals surface area contributed by atoms with E-state index in [2.05, 4.69) is 15.8 Å². The maximum Gasteiger partial charge on any atom is 0.295 e. The molecule has 3 rings (SSSR count). The molecule has 2 aromatic heterocycles. The average Bonchev–Trinajstić information content (AvgIpc) is 2.75. The van der Waals surface area contributed by atoms with Crippen LogP contribution in [0.2, 0.25) is 5.02 Å². The second-order valence-corrected chi connectivity index (χ2v) is 7.04. The summed E-state index contributed by atoms with van der Waals surface area (Å²) in [6.07, 6.45) is 0.919. The molecular weight excluding hydrogens is 406 g/mol. The Morgan fingerprint density at radius 3 is 2.77 bits per heavy atom. The predicted octanol–water partition coefficient (Wildman–Crippen LogP) is 3.10. The van der Waals surface area contributed by atoms with E-state index >= 15 is 0 Å². The van der Waals surface area contributed by atoms with E-state index in [1.54, 1.807) is 11.7 Å². The number of ether oxygens (including phenoxy) is 1. The van der Waals surface area contributed by atoms with Gasteiger partial charge in [0.05, 0.1) is 26.0 Å². The molecule has 0 aliphatic carbocycles. The van der Waals surface area contributed by atoms with Crippen molar-refractivity contribution in [1.82, 2.24) is 20.0 Å². The van der Waals surface area contributed by atoms with Crippen molar-refractivity contribution < 1.29 is 9.57 Å². The second-order valence-electron chi connectivity index (χ2n) is 6.60. The largest absolute Gasteiger partial charge is 0.380 e. The summed E-state index contributed by atoms with van der Waals surface area (Å²) < 4.78 is 7.21. The van der Waals surface area contributed by atoms with Gasteiger partial charge in [-0.2, -0.15) is 0 Å². The van der Waals surface area contributed by atoms with Gasteiger partial charge >= 0.3 is 0 Å². The van der Waals surface area contributed by atoms with Crippen LogP contribution in [0.4, 0.5) is 5.82 Å². The van der Waals surface area contributed by atoms with E-state index in [1.165, 1.54) is 0 Å². The fraction of sp³-hybridized carbons (Fsp3) is 0.381. The molecule has 0 amide bonds. The fourth-order valence-corrected chi connectivity index (χ4v) is 3.18. The summed E-state index contributed by atoms with van der Waals surface area (Å²) in [4.78, 5) is 27.1. The van der Waals surface area contributed by atoms with Crippen LogP contribution in [-0.4, -0.2) is 47.9 Å². The number of aromatic nitrogens is 3. The number of benzene rings is 1. The van der Waals surface area contributed by atoms with Crippen molar-refractivity contribution in [3.63, 3.8) is 0 Å². The lowest BCUT2D eigenvalue weighted by Crippen LogP contribution is -2.30. The minimum atomic E-state index is -0.240. The van der Waals surface area contributed by atoms with Crippen molar-refractivity contribution in [2.24, 2.45) is 0 Å². The minimum absolute atomic E-state index is 0.240. The zero-order valence-corrected chi connectivity index (χ0v) is 17.9. The molecule has 2 heterocycles. The van der Waals surface area contributed by atoms with E-state index in [4.69, 9.17) is 26.2 Å². The van der Waals surface area contributed by atoms with Crippen LogP contribution in [0.1, 0.15) is 13.3 Å². The Bertz CT molecular complexity index is 1040. The van der Waals surface area contributed by atoms with Gasteiger partial charge in [0.15, 0.2) is 11.5 Å². The number of halogens is 1. The molecule has 160 valence electrons. The highest BCUT2D eigenvalue weighted by atomic mass is 35.5. The first-order valence-corrected chi connectivity index (χ1v) is 10.3. The number of anilines is 1. The molecule has 1 aromatic carbocycles. The third-order valence-electron chi connectivity index (χ3n) is 4.38. The van der Waals surface area contributed by atoms with Crippen molar-refractivity contribution in [2.45, 2.75) is 19.9 Å². The van der Waals surface area contributed by atoms with E-state index in [-0.39, 0.29) is 11.4 Å². The first kappa shape index (κ1) is 22.2. The Balaban J connectivity index is 2.00. The number of hydrogen-bond acceptors (Lipinski definition) is 7. The monoisotopic (exact) mass is 431 g/mol. The zero-order chi connectivity index (χ0) is 21.3. The van der Waals surface area contributed by atoms with Crippen molar-refractivity contribution in [3.8, 4) is 11.3 Å². The third-order valence-corrected chi connectivity index (χ3v) is 4.62. The molecule has 0 spiro atoms. The summed E-state index contributed by atoms with van der Waals surface area (Å²) >= 11 is 6.13. The second kappa shape index (κ2) is 11.0. The summed E-state index contributed by atoms with van der Waals surface area (Å²) in [6, 6.07) is 11.2. The molecule has 2 N–H and O–H groups in total. The summed E-state index contributed by atoms with van der Waals surface area (Å²) in [5, 5.41) is 3.69. The summed E-state index contributed by atoms with van der Waals surface area (Å²) in [6.45, 7) is 4.51. The highest BCUT2D eigenvalue weighted by Gasteiger charge is 2.13. The molecule has 30 heavy (non-hydrogen) atoms. The minimum Gasteiger partial charge on any atom is -0.380 e. The van der Waals surface area contributed by atoms with Gasteiger partial charge in [0.25, 0.3) is 5.56 Å². The molecule has 0 atom stereocenters. The number of fused-ring (bicyclic) bond motifs is 1.